The van der Waals surface area contributed by atoms with E-state index in [2.05, 4.69) is 34.4 Å². The number of rotatable bonds is 2. The van der Waals surface area contributed by atoms with Gasteiger partial charge in [0.25, 0.3) is 0 Å². The normalized spacial score (nSPS) is 21.4. The Bertz CT molecular complexity index is 621. The molecule has 0 atom stereocenters. The van der Waals surface area contributed by atoms with Crippen LogP contribution in [0.25, 0.3) is 0 Å². The van der Waals surface area contributed by atoms with Gasteiger partial charge in [-0.2, -0.15) is 4.98 Å². The van der Waals surface area contributed by atoms with E-state index in [1.807, 2.05) is 0 Å². The molecule has 5 heteroatoms. The number of aromatic nitrogens is 2. The van der Waals surface area contributed by atoms with Crippen molar-refractivity contribution in [2.75, 3.05) is 13.2 Å². The molecule has 5 nitrogen and oxygen atoms in total. The van der Waals surface area contributed by atoms with Gasteiger partial charge < -0.3 is 15.0 Å². The summed E-state index contributed by atoms with van der Waals surface area (Å²) in [6, 6.07) is 8.53. The summed E-state index contributed by atoms with van der Waals surface area (Å²) >= 11 is 0. The highest BCUT2D eigenvalue weighted by Gasteiger charge is 2.37. The number of fused-ring (bicyclic) bond motifs is 1. The molecule has 0 unspecified atom stereocenters. The van der Waals surface area contributed by atoms with E-state index < -0.39 is 5.54 Å². The largest absolute Gasteiger partial charge is 0.381 e. The van der Waals surface area contributed by atoms with Gasteiger partial charge in [0.2, 0.25) is 5.89 Å². The molecule has 1 aliphatic carbocycles. The maximum Gasteiger partial charge on any atom is 0.246 e. The molecule has 4 rings (SSSR count). The topological polar surface area (TPSA) is 74.2 Å². The third kappa shape index (κ3) is 2.26. The molecule has 1 aliphatic heterocycles. The zero-order chi connectivity index (χ0) is 14.3. The van der Waals surface area contributed by atoms with Crippen LogP contribution in [0, 0.1) is 0 Å². The van der Waals surface area contributed by atoms with Crippen molar-refractivity contribution in [3.8, 4) is 0 Å². The molecule has 0 bridgehead atoms. The molecular weight excluding hydrogens is 266 g/mol. The van der Waals surface area contributed by atoms with Gasteiger partial charge in [0.15, 0.2) is 5.82 Å². The lowest BCUT2D eigenvalue weighted by Crippen LogP contribution is -2.42. The lowest BCUT2D eigenvalue weighted by Gasteiger charge is -2.29. The first-order valence-corrected chi connectivity index (χ1v) is 7.52. The van der Waals surface area contributed by atoms with Gasteiger partial charge in [-0.15, -0.1) is 0 Å². The van der Waals surface area contributed by atoms with Crippen LogP contribution in [0.1, 0.15) is 41.6 Å². The van der Waals surface area contributed by atoms with Gasteiger partial charge in [-0.1, -0.05) is 29.4 Å². The highest BCUT2D eigenvalue weighted by atomic mass is 16.5. The molecule has 110 valence electrons. The Labute approximate surface area is 123 Å². The molecule has 1 aromatic carbocycles. The molecule has 2 aliphatic rings. The fourth-order valence-electron chi connectivity index (χ4n) is 3.29. The molecule has 1 fully saturated rings. The molecule has 1 saturated heterocycles. The monoisotopic (exact) mass is 285 g/mol. The van der Waals surface area contributed by atoms with Gasteiger partial charge in [-0.3, -0.25) is 0 Å². The van der Waals surface area contributed by atoms with Crippen LogP contribution in [-0.4, -0.2) is 23.4 Å². The molecular formula is C16H19N3O2. The van der Waals surface area contributed by atoms with Gasteiger partial charge in [0.1, 0.15) is 5.54 Å². The Kier molecular flexibility index (Phi) is 3.05. The van der Waals surface area contributed by atoms with E-state index in [1.165, 1.54) is 11.1 Å². The second kappa shape index (κ2) is 4.93. The van der Waals surface area contributed by atoms with Crippen molar-refractivity contribution in [1.29, 1.82) is 0 Å². The number of benzene rings is 1. The molecule has 2 heterocycles. The van der Waals surface area contributed by atoms with Crippen LogP contribution < -0.4 is 5.73 Å². The Hall–Kier alpha value is -1.72. The Morgan fingerprint density at radius 1 is 1.10 bits per heavy atom. The van der Waals surface area contributed by atoms with Crippen LogP contribution in [0.2, 0.25) is 0 Å². The minimum Gasteiger partial charge on any atom is -0.381 e. The summed E-state index contributed by atoms with van der Waals surface area (Å²) in [6.07, 6.45) is 3.44. The number of nitrogens with zero attached hydrogens (tertiary/aromatic N) is 2. The zero-order valence-electron chi connectivity index (χ0n) is 11.9. The minimum atomic E-state index is -0.519. The summed E-state index contributed by atoms with van der Waals surface area (Å²) in [5, 5.41) is 4.19. The summed E-state index contributed by atoms with van der Waals surface area (Å²) in [7, 11) is 0. The van der Waals surface area contributed by atoms with E-state index in [4.69, 9.17) is 15.0 Å². The number of nitrogens with two attached hydrogens (primary N) is 1. The number of hydrogen-bond acceptors (Lipinski definition) is 5. The van der Waals surface area contributed by atoms with Crippen LogP contribution >= 0.6 is 0 Å². The molecule has 0 radical (unpaired) electrons. The highest BCUT2D eigenvalue weighted by Crippen LogP contribution is 2.34. The van der Waals surface area contributed by atoms with Gasteiger partial charge in [0.05, 0.1) is 0 Å². The quantitative estimate of drug-likeness (QED) is 0.912. The lowest BCUT2D eigenvalue weighted by molar-refractivity contribution is 0.0400. The van der Waals surface area contributed by atoms with E-state index in [0.29, 0.717) is 25.0 Å². The maximum absolute atomic E-state index is 6.40. The van der Waals surface area contributed by atoms with Crippen LogP contribution in [0.5, 0.6) is 0 Å². The smallest absolute Gasteiger partial charge is 0.246 e. The molecule has 2 aromatic rings. The third-order valence-electron chi connectivity index (χ3n) is 4.67. The summed E-state index contributed by atoms with van der Waals surface area (Å²) < 4.78 is 10.8. The summed E-state index contributed by atoms with van der Waals surface area (Å²) in [4.78, 5) is 4.61. The first kappa shape index (κ1) is 13.0. The zero-order valence-corrected chi connectivity index (χ0v) is 11.9. The Balaban J connectivity index is 1.56. The predicted octanol–water partition coefficient (Wildman–Crippen LogP) is 1.92. The van der Waals surface area contributed by atoms with Crippen molar-refractivity contribution in [1.82, 2.24) is 10.1 Å². The van der Waals surface area contributed by atoms with E-state index >= 15 is 0 Å². The standard InChI is InChI=1S/C16H19N3O2/c17-16(5-7-20-8-6-16)15-18-14(19-21-15)13-9-11-3-1-2-4-12(11)10-13/h1-4,13H,5-10,17H2. The predicted molar refractivity (Wildman–Crippen MR) is 76.8 cm³/mol. The van der Waals surface area contributed by atoms with Crippen molar-refractivity contribution in [2.45, 2.75) is 37.1 Å². The second-order valence-electron chi connectivity index (χ2n) is 6.10. The van der Waals surface area contributed by atoms with Crippen LogP contribution in [0.4, 0.5) is 0 Å². The fraction of sp³-hybridized carbons (Fsp3) is 0.500. The van der Waals surface area contributed by atoms with Gasteiger partial charge >= 0.3 is 0 Å². The summed E-state index contributed by atoms with van der Waals surface area (Å²) in [5.41, 5.74) is 8.66. The van der Waals surface area contributed by atoms with E-state index in [0.717, 1.165) is 31.5 Å². The first-order valence-electron chi connectivity index (χ1n) is 7.52. The Morgan fingerprint density at radius 2 is 1.76 bits per heavy atom. The van der Waals surface area contributed by atoms with Crippen molar-refractivity contribution in [3.05, 3.63) is 47.1 Å². The average molecular weight is 285 g/mol. The Morgan fingerprint density at radius 3 is 2.43 bits per heavy atom. The third-order valence-corrected chi connectivity index (χ3v) is 4.67. The molecule has 21 heavy (non-hydrogen) atoms. The van der Waals surface area contributed by atoms with Crippen LogP contribution in [-0.2, 0) is 23.1 Å². The number of hydrogen-bond donors (Lipinski definition) is 1. The SMILES string of the molecule is NC1(c2nc(C3Cc4ccccc4C3)no2)CCOCC1. The lowest BCUT2D eigenvalue weighted by atomic mass is 9.91. The summed E-state index contributed by atoms with van der Waals surface area (Å²) in [5.74, 6) is 1.66. The minimum absolute atomic E-state index is 0.309. The molecule has 0 amide bonds. The van der Waals surface area contributed by atoms with Crippen molar-refractivity contribution < 1.29 is 9.26 Å². The number of ether oxygens (including phenoxy) is 1. The molecule has 1 aromatic heterocycles. The molecule has 0 saturated carbocycles. The fourth-order valence-corrected chi connectivity index (χ4v) is 3.29. The molecule has 2 N–H and O–H groups in total. The second-order valence-corrected chi connectivity index (χ2v) is 6.10. The van der Waals surface area contributed by atoms with E-state index in [9.17, 15) is 0 Å². The van der Waals surface area contributed by atoms with E-state index in [1.54, 1.807) is 0 Å². The maximum atomic E-state index is 6.40. The van der Waals surface area contributed by atoms with Crippen LogP contribution in [0.3, 0.4) is 0 Å². The van der Waals surface area contributed by atoms with Gasteiger partial charge in [-0.25, -0.2) is 0 Å². The van der Waals surface area contributed by atoms with E-state index in [-0.39, 0.29) is 0 Å². The average Bonchev–Trinajstić information content (AvgIpc) is 3.15. The van der Waals surface area contributed by atoms with Gasteiger partial charge in [0, 0.05) is 19.1 Å². The van der Waals surface area contributed by atoms with Crippen molar-refractivity contribution in [2.24, 2.45) is 5.73 Å². The van der Waals surface area contributed by atoms with Crippen molar-refractivity contribution in [3.63, 3.8) is 0 Å². The van der Waals surface area contributed by atoms with Crippen LogP contribution in [0.15, 0.2) is 28.8 Å². The highest BCUT2D eigenvalue weighted by molar-refractivity contribution is 5.35. The summed E-state index contributed by atoms with van der Waals surface area (Å²) in [6.45, 7) is 1.31. The van der Waals surface area contributed by atoms with Crippen molar-refractivity contribution >= 4 is 0 Å². The van der Waals surface area contributed by atoms with Gasteiger partial charge in [-0.05, 0) is 36.8 Å². The first-order chi connectivity index (χ1) is 10.2. The molecule has 0 spiro atoms.